The third-order valence-corrected chi connectivity index (χ3v) is 4.41. The zero-order valence-corrected chi connectivity index (χ0v) is 11.8. The molecule has 0 amide bonds. The van der Waals surface area contributed by atoms with E-state index in [1.54, 1.807) is 0 Å². The number of rotatable bonds is 6. The van der Waals surface area contributed by atoms with E-state index in [9.17, 15) is 4.21 Å². The molecule has 5 heteroatoms. The lowest BCUT2D eigenvalue weighted by molar-refractivity contribution is 0.284. The van der Waals surface area contributed by atoms with Gasteiger partial charge in [-0.1, -0.05) is 6.42 Å². The van der Waals surface area contributed by atoms with Crippen molar-refractivity contribution < 1.29 is 18.8 Å². The molecule has 0 radical (unpaired) electrons. The number of benzene rings is 1. The summed E-state index contributed by atoms with van der Waals surface area (Å²) in [5.74, 6) is 2.05. The van der Waals surface area contributed by atoms with Crippen LogP contribution in [0.1, 0.15) is 25.7 Å². The molecule has 0 aliphatic carbocycles. The molecule has 1 aliphatic rings. The number of unbranched alkanes of at least 4 members (excludes halogenated alkanes) is 2. The molecule has 1 heterocycles. The first kappa shape index (κ1) is 14.3. The molecule has 2 rings (SSSR count). The van der Waals surface area contributed by atoms with Crippen LogP contribution in [0, 0.1) is 0 Å². The van der Waals surface area contributed by atoms with Crippen molar-refractivity contribution >= 4 is 10.8 Å². The second-order valence-corrected chi connectivity index (χ2v) is 6.06. The predicted molar refractivity (Wildman–Crippen MR) is 74.3 cm³/mol. The van der Waals surface area contributed by atoms with E-state index in [2.05, 4.69) is 0 Å². The molecular weight excluding hydrogens is 264 g/mol. The first-order chi connectivity index (χ1) is 9.31. The Hall–Kier alpha value is -1.07. The highest BCUT2D eigenvalue weighted by Gasteiger charge is 2.13. The Balaban J connectivity index is 1.96. The van der Waals surface area contributed by atoms with Crippen molar-refractivity contribution in [1.29, 1.82) is 0 Å². The van der Waals surface area contributed by atoms with Gasteiger partial charge in [0.15, 0.2) is 11.5 Å². The van der Waals surface area contributed by atoms with Gasteiger partial charge in [0.25, 0.3) is 0 Å². The average Bonchev–Trinajstić information content (AvgIpc) is 2.67. The maximum absolute atomic E-state index is 12.1. The van der Waals surface area contributed by atoms with E-state index < -0.39 is 10.8 Å². The van der Waals surface area contributed by atoms with E-state index in [-0.39, 0.29) is 6.61 Å². The van der Waals surface area contributed by atoms with Gasteiger partial charge in [0, 0.05) is 29.7 Å². The van der Waals surface area contributed by atoms with Crippen molar-refractivity contribution in [3.8, 4) is 11.5 Å². The van der Waals surface area contributed by atoms with Gasteiger partial charge in [-0.25, -0.2) is 0 Å². The fourth-order valence-corrected chi connectivity index (χ4v) is 3.09. The Morgan fingerprint density at radius 1 is 1.11 bits per heavy atom. The third-order valence-electron chi connectivity index (χ3n) is 2.97. The van der Waals surface area contributed by atoms with Crippen molar-refractivity contribution in [2.45, 2.75) is 30.6 Å². The Morgan fingerprint density at radius 2 is 1.89 bits per heavy atom. The van der Waals surface area contributed by atoms with Gasteiger partial charge in [-0.3, -0.25) is 4.21 Å². The molecule has 1 atom stereocenters. The van der Waals surface area contributed by atoms with Gasteiger partial charge < -0.3 is 14.6 Å². The van der Waals surface area contributed by atoms with Crippen LogP contribution in [0.5, 0.6) is 11.5 Å². The Bertz CT molecular complexity index is 433. The number of ether oxygens (including phenoxy) is 2. The lowest BCUT2D eigenvalue weighted by Gasteiger charge is -2.09. The van der Waals surface area contributed by atoms with Gasteiger partial charge in [0.2, 0.25) is 0 Å². The molecule has 19 heavy (non-hydrogen) atoms. The fraction of sp³-hybridized carbons (Fsp3) is 0.571. The van der Waals surface area contributed by atoms with Crippen molar-refractivity contribution in [3.63, 3.8) is 0 Å². The summed E-state index contributed by atoms with van der Waals surface area (Å²) >= 11 is 0. The van der Waals surface area contributed by atoms with Gasteiger partial charge in [0.05, 0.1) is 24.0 Å². The molecule has 4 nitrogen and oxygen atoms in total. The summed E-state index contributed by atoms with van der Waals surface area (Å²) in [4.78, 5) is 0.785. The highest BCUT2D eigenvalue weighted by molar-refractivity contribution is 7.85. The van der Waals surface area contributed by atoms with Gasteiger partial charge in [-0.05, 0) is 25.0 Å². The molecular formula is C14H20O4S. The summed E-state index contributed by atoms with van der Waals surface area (Å²) < 4.78 is 23.3. The summed E-state index contributed by atoms with van der Waals surface area (Å²) in [5, 5.41) is 8.70. The normalized spacial score (nSPS) is 15.8. The number of aliphatic hydroxyl groups is 1. The minimum atomic E-state index is -1.01. The lowest BCUT2D eigenvalue weighted by atomic mass is 10.3. The van der Waals surface area contributed by atoms with Crippen LogP contribution in [-0.2, 0) is 10.8 Å². The van der Waals surface area contributed by atoms with E-state index in [4.69, 9.17) is 14.6 Å². The van der Waals surface area contributed by atoms with Gasteiger partial charge in [0.1, 0.15) is 0 Å². The lowest BCUT2D eigenvalue weighted by Crippen LogP contribution is -2.00. The molecule has 0 saturated heterocycles. The summed E-state index contributed by atoms with van der Waals surface area (Å²) in [6.45, 7) is 1.51. The molecule has 106 valence electrons. The zero-order chi connectivity index (χ0) is 13.5. The monoisotopic (exact) mass is 284 g/mol. The van der Waals surface area contributed by atoms with Crippen molar-refractivity contribution in [2.24, 2.45) is 0 Å². The van der Waals surface area contributed by atoms with E-state index in [0.29, 0.717) is 24.7 Å². The minimum Gasteiger partial charge on any atom is -0.490 e. The predicted octanol–water partition coefficient (Wildman–Crippen LogP) is 2.12. The van der Waals surface area contributed by atoms with Crippen LogP contribution in [0.4, 0.5) is 0 Å². The van der Waals surface area contributed by atoms with Crippen molar-refractivity contribution in [2.75, 3.05) is 25.6 Å². The largest absolute Gasteiger partial charge is 0.490 e. The smallest absolute Gasteiger partial charge is 0.162 e. The average molecular weight is 284 g/mol. The topological polar surface area (TPSA) is 55.8 Å². The minimum absolute atomic E-state index is 0.205. The summed E-state index contributed by atoms with van der Waals surface area (Å²) in [5.41, 5.74) is 0. The number of aliphatic hydroxyl groups excluding tert-OH is 1. The third kappa shape index (κ3) is 4.21. The maximum atomic E-state index is 12.1. The number of hydrogen-bond acceptors (Lipinski definition) is 4. The maximum Gasteiger partial charge on any atom is 0.162 e. The molecule has 1 aliphatic heterocycles. The van der Waals surface area contributed by atoms with E-state index in [1.807, 2.05) is 18.2 Å². The van der Waals surface area contributed by atoms with E-state index in [1.165, 1.54) is 0 Å². The number of fused-ring (bicyclic) bond motifs is 1. The molecule has 0 fully saturated rings. The molecule has 1 aromatic rings. The zero-order valence-electron chi connectivity index (χ0n) is 11.0. The Morgan fingerprint density at radius 3 is 2.68 bits per heavy atom. The standard InChI is InChI=1S/C14H20O4S/c15-7-2-1-3-10-19(16)12-5-6-13-14(11-12)18-9-4-8-17-13/h5-6,11,15H,1-4,7-10H2. The molecule has 1 aromatic carbocycles. The van der Waals surface area contributed by atoms with Crippen LogP contribution in [0.25, 0.3) is 0 Å². The van der Waals surface area contributed by atoms with Gasteiger partial charge in [-0.2, -0.15) is 0 Å². The summed E-state index contributed by atoms with van der Waals surface area (Å²) in [6, 6.07) is 5.50. The molecule has 1 N–H and O–H groups in total. The summed E-state index contributed by atoms with van der Waals surface area (Å²) in [7, 11) is -1.01. The highest BCUT2D eigenvalue weighted by atomic mass is 32.2. The first-order valence-corrected chi connectivity index (χ1v) is 8.02. The highest BCUT2D eigenvalue weighted by Crippen LogP contribution is 2.31. The molecule has 0 spiro atoms. The Labute approximate surface area is 116 Å². The first-order valence-electron chi connectivity index (χ1n) is 6.70. The van der Waals surface area contributed by atoms with Crippen LogP contribution in [0.15, 0.2) is 23.1 Å². The molecule has 1 unspecified atom stereocenters. The van der Waals surface area contributed by atoms with Crippen LogP contribution in [-0.4, -0.2) is 34.9 Å². The molecule has 0 saturated carbocycles. The SMILES string of the molecule is O=S(CCCCCO)c1ccc2c(c1)OCCCO2. The summed E-state index contributed by atoms with van der Waals surface area (Å²) in [6.07, 6.45) is 3.42. The van der Waals surface area contributed by atoms with Crippen LogP contribution in [0.2, 0.25) is 0 Å². The van der Waals surface area contributed by atoms with Crippen molar-refractivity contribution in [1.82, 2.24) is 0 Å². The van der Waals surface area contributed by atoms with E-state index in [0.717, 1.165) is 36.3 Å². The molecule has 0 aromatic heterocycles. The quantitative estimate of drug-likeness (QED) is 0.813. The van der Waals surface area contributed by atoms with Crippen LogP contribution < -0.4 is 9.47 Å². The second-order valence-electron chi connectivity index (χ2n) is 4.49. The van der Waals surface area contributed by atoms with Crippen LogP contribution >= 0.6 is 0 Å². The van der Waals surface area contributed by atoms with E-state index >= 15 is 0 Å². The van der Waals surface area contributed by atoms with Crippen molar-refractivity contribution in [3.05, 3.63) is 18.2 Å². The Kier molecular flexibility index (Phi) is 5.66. The fourth-order valence-electron chi connectivity index (χ4n) is 1.92. The second kappa shape index (κ2) is 7.50. The number of hydrogen-bond donors (Lipinski definition) is 1. The molecule has 0 bridgehead atoms. The van der Waals surface area contributed by atoms with Crippen LogP contribution in [0.3, 0.4) is 0 Å². The van der Waals surface area contributed by atoms with Gasteiger partial charge in [-0.15, -0.1) is 0 Å². The van der Waals surface area contributed by atoms with Gasteiger partial charge >= 0.3 is 0 Å².